The molecule has 3 aromatic rings. The molecule has 2 aromatic carbocycles. The summed E-state index contributed by atoms with van der Waals surface area (Å²) in [7, 11) is 0. The summed E-state index contributed by atoms with van der Waals surface area (Å²) < 4.78 is 0. The molecule has 4 rings (SSSR count). The first kappa shape index (κ1) is 24.9. The number of thiophene rings is 1. The van der Waals surface area contributed by atoms with Crippen LogP contribution >= 0.6 is 11.3 Å². The van der Waals surface area contributed by atoms with Crippen LogP contribution in [0.5, 0.6) is 0 Å². The van der Waals surface area contributed by atoms with Crippen molar-refractivity contribution in [2.45, 2.75) is 39.7 Å². The Labute approximate surface area is 211 Å². The van der Waals surface area contributed by atoms with E-state index in [4.69, 9.17) is 0 Å². The fraction of sp³-hybridized carbons (Fsp3) is 0.345. The number of amides is 2. The zero-order chi connectivity index (χ0) is 24.8. The van der Waals surface area contributed by atoms with E-state index in [9.17, 15) is 14.4 Å². The summed E-state index contributed by atoms with van der Waals surface area (Å²) >= 11 is 1.41. The Bertz CT molecular complexity index is 1140. The van der Waals surface area contributed by atoms with E-state index in [1.165, 1.54) is 16.9 Å². The molecule has 0 atom stereocenters. The topological polar surface area (TPSA) is 66.5 Å². The number of Topliss-reactive ketones (excluding diaryl/α,β-unsaturated/α-hetero) is 1. The number of nitrogens with one attached hydrogen (secondary N) is 1. The van der Waals surface area contributed by atoms with Crippen molar-refractivity contribution in [3.8, 4) is 0 Å². The summed E-state index contributed by atoms with van der Waals surface area (Å²) in [6, 6.07) is 19.0. The van der Waals surface area contributed by atoms with E-state index in [0.717, 1.165) is 17.5 Å². The molecule has 2 heterocycles. The van der Waals surface area contributed by atoms with Crippen LogP contribution in [0.25, 0.3) is 0 Å². The molecule has 0 saturated carbocycles. The fourth-order valence-corrected chi connectivity index (χ4v) is 5.12. The second kappa shape index (κ2) is 11.5. The van der Waals surface area contributed by atoms with Crippen LogP contribution in [0.2, 0.25) is 0 Å². The molecular weight excluding hydrogens is 456 g/mol. The van der Waals surface area contributed by atoms with Gasteiger partial charge in [-0.25, -0.2) is 0 Å². The zero-order valence-electron chi connectivity index (χ0n) is 20.3. The van der Waals surface area contributed by atoms with Crippen LogP contribution in [0.15, 0.2) is 66.0 Å². The first-order valence-corrected chi connectivity index (χ1v) is 13.1. The number of ketones is 1. The number of hydrogen-bond acceptors (Lipinski definition) is 4. The number of carbonyl (C=O) groups excluding carboxylic acids is 3. The molecular formula is C29H32N2O3S. The average molecular weight is 489 g/mol. The summed E-state index contributed by atoms with van der Waals surface area (Å²) in [4.78, 5) is 40.6. The maximum Gasteiger partial charge on any atom is 0.261 e. The van der Waals surface area contributed by atoms with Crippen molar-refractivity contribution < 1.29 is 14.4 Å². The molecule has 1 aliphatic rings. The number of likely N-dealkylation sites (tertiary alicyclic amines) is 1. The smallest absolute Gasteiger partial charge is 0.261 e. The van der Waals surface area contributed by atoms with Crippen molar-refractivity contribution in [3.63, 3.8) is 0 Å². The first-order valence-electron chi connectivity index (χ1n) is 12.2. The summed E-state index contributed by atoms with van der Waals surface area (Å²) in [5.41, 5.74) is 3.59. The fourth-order valence-electron chi connectivity index (χ4n) is 4.48. The highest BCUT2D eigenvalue weighted by atomic mass is 32.1. The van der Waals surface area contributed by atoms with Crippen LogP contribution in [0.1, 0.15) is 68.2 Å². The van der Waals surface area contributed by atoms with Gasteiger partial charge < -0.3 is 10.2 Å². The highest BCUT2D eigenvalue weighted by molar-refractivity contribution is 7.12. The molecule has 0 unspecified atom stereocenters. The van der Waals surface area contributed by atoms with Gasteiger partial charge in [0.15, 0.2) is 5.78 Å². The number of hydrogen-bond donors (Lipinski definition) is 1. The van der Waals surface area contributed by atoms with Gasteiger partial charge in [0.05, 0.1) is 4.88 Å². The molecule has 1 aromatic heterocycles. The minimum atomic E-state index is -0.0935. The van der Waals surface area contributed by atoms with Gasteiger partial charge >= 0.3 is 0 Å². The van der Waals surface area contributed by atoms with Crippen LogP contribution in [-0.4, -0.2) is 35.6 Å². The van der Waals surface area contributed by atoms with Gasteiger partial charge in [0.1, 0.15) is 0 Å². The maximum absolute atomic E-state index is 13.0. The Morgan fingerprint density at radius 1 is 0.914 bits per heavy atom. The Morgan fingerprint density at radius 2 is 1.54 bits per heavy atom. The van der Waals surface area contributed by atoms with E-state index in [0.29, 0.717) is 48.8 Å². The molecule has 6 heteroatoms. The van der Waals surface area contributed by atoms with E-state index in [2.05, 4.69) is 31.3 Å². The van der Waals surface area contributed by atoms with Crippen molar-refractivity contribution in [2.75, 3.05) is 13.1 Å². The van der Waals surface area contributed by atoms with Crippen molar-refractivity contribution in [1.82, 2.24) is 10.2 Å². The number of carbonyl (C=O) groups is 3. The summed E-state index contributed by atoms with van der Waals surface area (Å²) in [6.07, 6.45) is 2.38. The van der Waals surface area contributed by atoms with E-state index >= 15 is 0 Å². The maximum atomic E-state index is 13.0. The van der Waals surface area contributed by atoms with Gasteiger partial charge in [-0.15, -0.1) is 11.3 Å². The molecule has 0 radical (unpaired) electrons. The second-order valence-electron chi connectivity index (χ2n) is 9.58. The number of rotatable bonds is 8. The predicted molar refractivity (Wildman–Crippen MR) is 140 cm³/mol. The van der Waals surface area contributed by atoms with Gasteiger partial charge in [-0.3, -0.25) is 14.4 Å². The van der Waals surface area contributed by atoms with Gasteiger partial charge in [-0.05, 0) is 59.9 Å². The SMILES string of the molecule is CC(C)Cc1ccc(C(=O)C2CCN(C(=O)c3ccc(CNC(=O)c4cccs4)cc3)CC2)cc1. The number of nitrogens with zero attached hydrogens (tertiary/aromatic N) is 1. The lowest BCUT2D eigenvalue weighted by Crippen LogP contribution is -2.40. The quantitative estimate of drug-likeness (QED) is 0.419. The minimum absolute atomic E-state index is 0.0110. The molecule has 35 heavy (non-hydrogen) atoms. The molecule has 182 valence electrons. The van der Waals surface area contributed by atoms with Gasteiger partial charge in [-0.2, -0.15) is 0 Å². The molecule has 0 bridgehead atoms. The van der Waals surface area contributed by atoms with Crippen molar-refractivity contribution in [3.05, 3.63) is 93.2 Å². The van der Waals surface area contributed by atoms with Crippen LogP contribution in [0.3, 0.4) is 0 Å². The molecule has 0 spiro atoms. The predicted octanol–water partition coefficient (Wildman–Crippen LogP) is 5.61. The minimum Gasteiger partial charge on any atom is -0.347 e. The van der Waals surface area contributed by atoms with E-state index in [1.807, 2.05) is 52.7 Å². The van der Waals surface area contributed by atoms with Crippen molar-refractivity contribution >= 4 is 28.9 Å². The normalized spacial score (nSPS) is 14.2. The molecule has 1 fully saturated rings. The van der Waals surface area contributed by atoms with Crippen LogP contribution in [-0.2, 0) is 13.0 Å². The van der Waals surface area contributed by atoms with Gasteiger partial charge in [0.25, 0.3) is 11.8 Å². The Kier molecular flexibility index (Phi) is 8.13. The highest BCUT2D eigenvalue weighted by Gasteiger charge is 2.28. The Balaban J connectivity index is 1.27. The van der Waals surface area contributed by atoms with Crippen LogP contribution in [0.4, 0.5) is 0 Å². The monoisotopic (exact) mass is 488 g/mol. The van der Waals surface area contributed by atoms with Gasteiger partial charge in [0.2, 0.25) is 0 Å². The lowest BCUT2D eigenvalue weighted by Gasteiger charge is -2.31. The molecule has 2 amide bonds. The summed E-state index contributed by atoms with van der Waals surface area (Å²) in [5, 5.41) is 4.77. The third kappa shape index (κ3) is 6.45. The average Bonchev–Trinajstić information content (AvgIpc) is 3.42. The summed E-state index contributed by atoms with van der Waals surface area (Å²) in [6.45, 7) is 5.96. The largest absolute Gasteiger partial charge is 0.347 e. The Hall–Kier alpha value is -3.25. The van der Waals surface area contributed by atoms with E-state index in [1.54, 1.807) is 6.07 Å². The zero-order valence-corrected chi connectivity index (χ0v) is 21.1. The lowest BCUT2D eigenvalue weighted by molar-refractivity contribution is 0.0650. The first-order chi connectivity index (χ1) is 16.9. The molecule has 1 N–H and O–H groups in total. The standard InChI is InChI=1S/C29H32N2O3S/c1-20(2)18-21-5-9-23(10-6-21)27(32)24-13-15-31(16-14-24)29(34)25-11-7-22(8-12-25)19-30-28(33)26-4-3-17-35-26/h3-12,17,20,24H,13-16,18-19H2,1-2H3,(H,30,33). The van der Waals surface area contributed by atoms with Gasteiger partial charge in [0, 0.05) is 36.7 Å². The molecule has 0 aliphatic carbocycles. The van der Waals surface area contributed by atoms with Gasteiger partial charge in [-0.1, -0.05) is 56.3 Å². The number of benzene rings is 2. The third-order valence-electron chi connectivity index (χ3n) is 6.43. The second-order valence-corrected chi connectivity index (χ2v) is 10.5. The molecule has 1 saturated heterocycles. The number of piperidine rings is 1. The van der Waals surface area contributed by atoms with E-state index < -0.39 is 0 Å². The molecule has 5 nitrogen and oxygen atoms in total. The highest BCUT2D eigenvalue weighted by Crippen LogP contribution is 2.24. The Morgan fingerprint density at radius 3 is 2.14 bits per heavy atom. The van der Waals surface area contributed by atoms with Crippen molar-refractivity contribution in [1.29, 1.82) is 0 Å². The van der Waals surface area contributed by atoms with Crippen LogP contribution in [0, 0.1) is 11.8 Å². The third-order valence-corrected chi connectivity index (χ3v) is 7.30. The lowest BCUT2D eigenvalue weighted by atomic mass is 9.88. The van der Waals surface area contributed by atoms with E-state index in [-0.39, 0.29) is 23.5 Å². The molecule has 1 aliphatic heterocycles. The van der Waals surface area contributed by atoms with Crippen molar-refractivity contribution in [2.24, 2.45) is 11.8 Å². The van der Waals surface area contributed by atoms with Crippen LogP contribution < -0.4 is 5.32 Å². The summed E-state index contributed by atoms with van der Waals surface area (Å²) in [5.74, 6) is 0.630.